The highest BCUT2D eigenvalue weighted by molar-refractivity contribution is 9.10. The lowest BCUT2D eigenvalue weighted by Crippen LogP contribution is -2.50. The normalized spacial score (nSPS) is 12.6. The predicted octanol–water partition coefficient (Wildman–Crippen LogP) is 2.58. The molecule has 0 aliphatic heterocycles. The summed E-state index contributed by atoms with van der Waals surface area (Å²) in [6.45, 7) is 4.63. The maximum Gasteiger partial charge on any atom is 0.326 e. The van der Waals surface area contributed by atoms with E-state index in [1.165, 1.54) is 12.1 Å². The second-order valence-corrected chi connectivity index (χ2v) is 6.48. The molecule has 0 spiro atoms. The first kappa shape index (κ1) is 17.4. The molecule has 1 aromatic rings. The van der Waals surface area contributed by atoms with Crippen molar-refractivity contribution in [3.05, 3.63) is 28.5 Å². The van der Waals surface area contributed by atoms with E-state index < -0.39 is 35.8 Å². The van der Waals surface area contributed by atoms with Gasteiger partial charge in [0.25, 0.3) is 5.91 Å². The van der Waals surface area contributed by atoms with Gasteiger partial charge >= 0.3 is 5.97 Å². The van der Waals surface area contributed by atoms with Crippen molar-refractivity contribution in [3.63, 3.8) is 0 Å². The van der Waals surface area contributed by atoms with Crippen LogP contribution in [0.25, 0.3) is 0 Å². The molecule has 5 nitrogen and oxygen atoms in total. The number of benzene rings is 1. The number of carbonyl (C=O) groups is 2. The second-order valence-electron chi connectivity index (χ2n) is 5.57. The largest absolute Gasteiger partial charge is 0.481 e. The Morgan fingerprint density at radius 2 is 2.05 bits per heavy atom. The van der Waals surface area contributed by atoms with Gasteiger partial charge in [0.1, 0.15) is 6.04 Å². The van der Waals surface area contributed by atoms with Crippen LogP contribution in [-0.2, 0) is 9.59 Å². The Labute approximate surface area is 130 Å². The van der Waals surface area contributed by atoms with Crippen LogP contribution in [0.15, 0.2) is 22.7 Å². The van der Waals surface area contributed by atoms with Gasteiger partial charge in [-0.3, -0.25) is 4.79 Å². The van der Waals surface area contributed by atoms with Crippen LogP contribution in [0.4, 0.5) is 4.39 Å². The van der Waals surface area contributed by atoms with E-state index in [9.17, 15) is 14.0 Å². The van der Waals surface area contributed by atoms with Gasteiger partial charge in [-0.25, -0.2) is 9.18 Å². The molecule has 0 aromatic heterocycles. The Morgan fingerprint density at radius 3 is 2.52 bits per heavy atom. The molecule has 1 amide bonds. The summed E-state index contributed by atoms with van der Waals surface area (Å²) in [6.07, 6.45) is 0. The van der Waals surface area contributed by atoms with Crippen molar-refractivity contribution in [2.75, 3.05) is 6.61 Å². The summed E-state index contributed by atoms with van der Waals surface area (Å²) < 4.78 is 19.1. The van der Waals surface area contributed by atoms with Gasteiger partial charge in [-0.15, -0.1) is 0 Å². The van der Waals surface area contributed by atoms with E-state index >= 15 is 0 Å². The summed E-state index contributed by atoms with van der Waals surface area (Å²) in [5.41, 5.74) is -0.648. The maximum atomic E-state index is 13.5. The van der Waals surface area contributed by atoms with E-state index in [1.807, 2.05) is 0 Å². The van der Waals surface area contributed by atoms with Crippen molar-refractivity contribution in [2.24, 2.45) is 5.41 Å². The van der Waals surface area contributed by atoms with Crippen LogP contribution in [0.2, 0.25) is 0 Å². The summed E-state index contributed by atoms with van der Waals surface area (Å²) in [6, 6.07) is 3.11. The average Bonchev–Trinajstić information content (AvgIpc) is 2.33. The minimum atomic E-state index is -1.13. The number of carboxylic acid groups (broad SMARTS) is 1. The fourth-order valence-electron chi connectivity index (χ4n) is 1.59. The summed E-state index contributed by atoms with van der Waals surface area (Å²) in [7, 11) is 0. The molecule has 0 fully saturated rings. The van der Waals surface area contributed by atoms with Crippen LogP contribution in [-0.4, -0.2) is 29.6 Å². The smallest absolute Gasteiger partial charge is 0.326 e. The van der Waals surface area contributed by atoms with Crippen LogP contribution in [0.3, 0.4) is 0 Å². The first-order valence-electron chi connectivity index (χ1n) is 6.21. The Balaban J connectivity index is 2.63. The number of amides is 1. The zero-order chi connectivity index (χ0) is 16.2. The van der Waals surface area contributed by atoms with Gasteiger partial charge in [0.2, 0.25) is 0 Å². The lowest BCUT2D eigenvalue weighted by molar-refractivity contribution is -0.145. The molecule has 116 valence electrons. The van der Waals surface area contributed by atoms with E-state index in [1.54, 1.807) is 26.8 Å². The number of halogens is 2. The molecule has 0 heterocycles. The number of hydrogen-bond acceptors (Lipinski definition) is 3. The van der Waals surface area contributed by atoms with Crippen molar-refractivity contribution < 1.29 is 23.8 Å². The van der Waals surface area contributed by atoms with E-state index in [0.29, 0.717) is 4.47 Å². The van der Waals surface area contributed by atoms with Crippen molar-refractivity contribution in [3.8, 4) is 5.75 Å². The highest BCUT2D eigenvalue weighted by Crippen LogP contribution is 2.22. The molecule has 0 unspecified atom stereocenters. The Morgan fingerprint density at radius 1 is 1.43 bits per heavy atom. The van der Waals surface area contributed by atoms with Gasteiger partial charge in [0.15, 0.2) is 18.2 Å². The minimum absolute atomic E-state index is 0.0732. The van der Waals surface area contributed by atoms with Crippen molar-refractivity contribution in [1.29, 1.82) is 0 Å². The fraction of sp³-hybridized carbons (Fsp3) is 0.429. The van der Waals surface area contributed by atoms with E-state index in [2.05, 4.69) is 21.2 Å². The molecule has 1 atom stereocenters. The third kappa shape index (κ3) is 5.34. The molecule has 1 rings (SSSR count). The van der Waals surface area contributed by atoms with E-state index in [4.69, 9.17) is 9.84 Å². The number of carboxylic acids is 1. The van der Waals surface area contributed by atoms with Gasteiger partial charge in [-0.1, -0.05) is 36.7 Å². The number of ether oxygens (including phenoxy) is 1. The topological polar surface area (TPSA) is 75.6 Å². The second kappa shape index (κ2) is 6.89. The third-order valence-electron chi connectivity index (χ3n) is 2.67. The van der Waals surface area contributed by atoms with Crippen LogP contribution < -0.4 is 10.1 Å². The van der Waals surface area contributed by atoms with Crippen LogP contribution in [0.1, 0.15) is 20.8 Å². The summed E-state index contributed by atoms with van der Waals surface area (Å²) in [4.78, 5) is 22.9. The number of rotatable bonds is 5. The molecule has 0 bridgehead atoms. The van der Waals surface area contributed by atoms with Gasteiger partial charge in [0, 0.05) is 4.47 Å². The van der Waals surface area contributed by atoms with Gasteiger partial charge in [0.05, 0.1) is 0 Å². The summed E-state index contributed by atoms with van der Waals surface area (Å²) in [5.74, 6) is -2.44. The van der Waals surface area contributed by atoms with Gasteiger partial charge in [-0.2, -0.15) is 0 Å². The lowest BCUT2D eigenvalue weighted by atomic mass is 9.87. The molecule has 2 N–H and O–H groups in total. The van der Waals surface area contributed by atoms with Crippen molar-refractivity contribution in [1.82, 2.24) is 5.32 Å². The van der Waals surface area contributed by atoms with Crippen molar-refractivity contribution >= 4 is 27.8 Å². The lowest BCUT2D eigenvalue weighted by Gasteiger charge is -2.27. The molecule has 0 aliphatic carbocycles. The Bertz CT molecular complexity index is 542. The molecule has 0 aliphatic rings. The van der Waals surface area contributed by atoms with Gasteiger partial charge < -0.3 is 15.2 Å². The van der Waals surface area contributed by atoms with Crippen molar-refractivity contribution in [2.45, 2.75) is 26.8 Å². The molecule has 0 radical (unpaired) electrons. The fourth-order valence-corrected chi connectivity index (χ4v) is 1.92. The molecule has 21 heavy (non-hydrogen) atoms. The first-order chi connectivity index (χ1) is 9.61. The summed E-state index contributed by atoms with van der Waals surface area (Å²) in [5, 5.41) is 11.5. The summed E-state index contributed by atoms with van der Waals surface area (Å²) >= 11 is 3.11. The Hall–Kier alpha value is -1.63. The number of carbonyl (C=O) groups excluding carboxylic acids is 1. The maximum absolute atomic E-state index is 13.5. The van der Waals surface area contributed by atoms with Crippen LogP contribution in [0, 0.1) is 11.2 Å². The quantitative estimate of drug-likeness (QED) is 0.844. The number of aliphatic carboxylic acids is 1. The van der Waals surface area contributed by atoms with Crippen LogP contribution in [0.5, 0.6) is 5.75 Å². The molecule has 7 heteroatoms. The zero-order valence-corrected chi connectivity index (χ0v) is 13.5. The van der Waals surface area contributed by atoms with E-state index in [0.717, 1.165) is 0 Å². The molecule has 0 saturated heterocycles. The highest BCUT2D eigenvalue weighted by atomic mass is 79.9. The molecular weight excluding hydrogens is 345 g/mol. The monoisotopic (exact) mass is 361 g/mol. The SMILES string of the molecule is CC(C)(C)[C@@H](NC(=O)COc1ccc(Br)cc1F)C(=O)O. The Kier molecular flexibility index (Phi) is 5.71. The molecular formula is C14H17BrFNO4. The highest BCUT2D eigenvalue weighted by Gasteiger charge is 2.32. The first-order valence-corrected chi connectivity index (χ1v) is 7.00. The zero-order valence-electron chi connectivity index (χ0n) is 11.9. The number of nitrogens with one attached hydrogen (secondary N) is 1. The minimum Gasteiger partial charge on any atom is -0.481 e. The average molecular weight is 362 g/mol. The molecule has 1 aromatic carbocycles. The third-order valence-corrected chi connectivity index (χ3v) is 3.16. The molecule has 0 saturated carbocycles. The van der Waals surface area contributed by atoms with Crippen LogP contribution >= 0.6 is 15.9 Å². The van der Waals surface area contributed by atoms with Gasteiger partial charge in [-0.05, 0) is 23.6 Å². The number of hydrogen-bond donors (Lipinski definition) is 2. The predicted molar refractivity (Wildman–Crippen MR) is 78.6 cm³/mol. The standard InChI is InChI=1S/C14H17BrFNO4/c1-14(2,3)12(13(19)20)17-11(18)7-21-10-5-4-8(15)6-9(10)16/h4-6,12H,7H2,1-3H3,(H,17,18)(H,19,20)/t12-/m0/s1. The van der Waals surface area contributed by atoms with E-state index in [-0.39, 0.29) is 5.75 Å².